The average Bonchev–Trinajstić information content (AvgIpc) is 2.81. The molecule has 0 aliphatic carbocycles. The molecule has 0 saturated heterocycles. The fraction of sp³-hybridized carbons (Fsp3) is 0.765. The summed E-state index contributed by atoms with van der Waals surface area (Å²) in [6.45, 7) is 11.0. The quantitative estimate of drug-likeness (QED) is 0.401. The van der Waals surface area contributed by atoms with E-state index in [0.29, 0.717) is 0 Å². The molecule has 1 heterocycles. The third kappa shape index (κ3) is 4.05. The van der Waals surface area contributed by atoms with E-state index in [4.69, 9.17) is 14.3 Å². The van der Waals surface area contributed by atoms with Gasteiger partial charge < -0.3 is 14.3 Å². The van der Waals surface area contributed by atoms with Crippen LogP contribution in [0.25, 0.3) is 0 Å². The lowest BCUT2D eigenvalue weighted by Crippen LogP contribution is -2.55. The molecule has 0 aromatic rings. The van der Waals surface area contributed by atoms with Crippen molar-refractivity contribution in [2.75, 3.05) is 0 Å². The second-order valence-corrected chi connectivity index (χ2v) is 5.89. The van der Waals surface area contributed by atoms with Gasteiger partial charge in [-0.2, -0.15) is 0 Å². The van der Waals surface area contributed by atoms with Crippen LogP contribution >= 0.6 is 0 Å². The molecule has 1 atom stereocenters. The van der Waals surface area contributed by atoms with E-state index in [-0.39, 0.29) is 11.1 Å². The number of hydrogen-bond acceptors (Lipinski definition) is 6. The number of nitrogens with zero attached hydrogens (tertiary/aromatic N) is 1. The first kappa shape index (κ1) is 19.5. The van der Waals surface area contributed by atoms with Crippen molar-refractivity contribution < 1.29 is 23.9 Å². The van der Waals surface area contributed by atoms with Gasteiger partial charge in [-0.1, -0.05) is 39.8 Å². The summed E-state index contributed by atoms with van der Waals surface area (Å²) in [4.78, 5) is 28.6. The summed E-state index contributed by atoms with van der Waals surface area (Å²) in [5.74, 6) is -0.513. The maximum absolute atomic E-state index is 12.1. The molecule has 0 saturated carbocycles. The van der Waals surface area contributed by atoms with Crippen LogP contribution in [0.2, 0.25) is 0 Å². The molecule has 1 rings (SSSR count). The van der Waals surface area contributed by atoms with E-state index >= 15 is 0 Å². The maximum Gasteiger partial charge on any atom is 0.531 e. The molecular weight excluding hydrogens is 298 g/mol. The number of rotatable bonds is 7. The van der Waals surface area contributed by atoms with Crippen molar-refractivity contribution in [1.29, 1.82) is 0 Å². The van der Waals surface area contributed by atoms with E-state index in [0.717, 1.165) is 25.7 Å². The smallest absolute Gasteiger partial charge is 0.426 e. The average molecular weight is 327 g/mol. The van der Waals surface area contributed by atoms with Crippen molar-refractivity contribution in [2.24, 2.45) is 0 Å². The zero-order valence-corrected chi connectivity index (χ0v) is 15.0. The number of hydrogen-bond donors (Lipinski definition) is 0. The molecule has 0 fully saturated rings. The van der Waals surface area contributed by atoms with E-state index < -0.39 is 18.4 Å². The van der Waals surface area contributed by atoms with E-state index in [1.54, 1.807) is 5.06 Å². The van der Waals surface area contributed by atoms with Crippen LogP contribution < -0.4 is 0 Å². The fourth-order valence-corrected chi connectivity index (χ4v) is 3.11. The number of esters is 1. The first-order valence-corrected chi connectivity index (χ1v) is 8.35. The molecule has 23 heavy (non-hydrogen) atoms. The van der Waals surface area contributed by atoms with Gasteiger partial charge in [-0.25, -0.2) is 4.79 Å². The SMILES string of the molecule is CCC1(CC)C=CC(CC)(CC)N1OC(=O)OC(C)OC(C)=O. The largest absolute Gasteiger partial charge is 0.531 e. The topological polar surface area (TPSA) is 65.1 Å². The van der Waals surface area contributed by atoms with Crippen LogP contribution in [-0.4, -0.2) is 34.6 Å². The lowest BCUT2D eigenvalue weighted by molar-refractivity contribution is -0.233. The number of carbonyl (C=O) groups is 2. The summed E-state index contributed by atoms with van der Waals surface area (Å²) < 4.78 is 9.81. The van der Waals surface area contributed by atoms with Gasteiger partial charge in [0.25, 0.3) is 0 Å². The molecule has 0 N–H and O–H groups in total. The minimum absolute atomic E-state index is 0.338. The standard InChI is InChI=1S/C17H29NO5/c1-7-16(8-2)11-12-17(9-3,10-4)18(16)23-15(20)22-14(6)21-13(5)19/h11-12,14H,7-10H2,1-6H3. The van der Waals surface area contributed by atoms with E-state index in [9.17, 15) is 9.59 Å². The number of hydroxylamine groups is 2. The Kier molecular flexibility index (Phi) is 6.62. The zero-order valence-electron chi connectivity index (χ0n) is 15.0. The molecule has 1 aliphatic heterocycles. The van der Waals surface area contributed by atoms with E-state index in [1.807, 2.05) is 0 Å². The first-order valence-electron chi connectivity index (χ1n) is 8.35. The Morgan fingerprint density at radius 2 is 1.39 bits per heavy atom. The lowest BCUT2D eigenvalue weighted by Gasteiger charge is -2.43. The van der Waals surface area contributed by atoms with E-state index in [1.165, 1.54) is 13.8 Å². The fourth-order valence-electron chi connectivity index (χ4n) is 3.11. The Balaban J connectivity index is 2.91. The van der Waals surface area contributed by atoms with Crippen molar-refractivity contribution in [3.8, 4) is 0 Å². The summed E-state index contributed by atoms with van der Waals surface area (Å²) >= 11 is 0. The predicted octanol–water partition coefficient (Wildman–Crippen LogP) is 3.95. The third-order valence-electron chi connectivity index (χ3n) is 4.72. The molecule has 6 heteroatoms. The van der Waals surface area contributed by atoms with Crippen molar-refractivity contribution in [2.45, 2.75) is 84.6 Å². The molecule has 0 aromatic carbocycles. The molecule has 0 radical (unpaired) electrons. The van der Waals surface area contributed by atoms with Gasteiger partial charge >= 0.3 is 12.1 Å². The highest BCUT2D eigenvalue weighted by atomic mass is 16.9. The predicted molar refractivity (Wildman–Crippen MR) is 86.4 cm³/mol. The minimum atomic E-state index is -0.981. The molecule has 0 spiro atoms. The van der Waals surface area contributed by atoms with Gasteiger partial charge in [0.2, 0.25) is 6.29 Å². The van der Waals surface area contributed by atoms with Gasteiger partial charge in [0.15, 0.2) is 0 Å². The van der Waals surface area contributed by atoms with Crippen LogP contribution in [0.3, 0.4) is 0 Å². The van der Waals surface area contributed by atoms with Gasteiger partial charge in [0.1, 0.15) is 0 Å². The van der Waals surface area contributed by atoms with Gasteiger partial charge in [0, 0.05) is 13.8 Å². The van der Waals surface area contributed by atoms with Gasteiger partial charge in [0.05, 0.1) is 11.1 Å². The summed E-state index contributed by atoms with van der Waals surface area (Å²) in [5, 5.41) is 1.77. The Morgan fingerprint density at radius 3 is 1.74 bits per heavy atom. The van der Waals surface area contributed by atoms with E-state index in [2.05, 4.69) is 39.8 Å². The number of carbonyl (C=O) groups excluding carboxylic acids is 2. The second-order valence-electron chi connectivity index (χ2n) is 5.89. The van der Waals surface area contributed by atoms with Crippen LogP contribution in [0.15, 0.2) is 12.2 Å². The highest BCUT2D eigenvalue weighted by Crippen LogP contribution is 2.43. The maximum atomic E-state index is 12.1. The molecule has 1 unspecified atom stereocenters. The first-order chi connectivity index (χ1) is 10.8. The Bertz CT molecular complexity index is 430. The van der Waals surface area contributed by atoms with Gasteiger partial charge in [-0.3, -0.25) is 4.79 Å². The molecule has 132 valence electrons. The molecule has 1 aliphatic rings. The van der Waals surface area contributed by atoms with Crippen LogP contribution in [0.4, 0.5) is 4.79 Å². The second kappa shape index (κ2) is 7.81. The highest BCUT2D eigenvalue weighted by molar-refractivity contribution is 5.66. The number of ether oxygens (including phenoxy) is 2. The molecule has 0 aromatic heterocycles. The lowest BCUT2D eigenvalue weighted by atomic mass is 9.91. The summed E-state index contributed by atoms with van der Waals surface area (Å²) in [5.41, 5.74) is -0.675. The molecular formula is C17H29NO5. The summed E-state index contributed by atoms with van der Waals surface area (Å²) in [6, 6.07) is 0. The van der Waals surface area contributed by atoms with Crippen molar-refractivity contribution in [3.05, 3.63) is 12.2 Å². The van der Waals surface area contributed by atoms with Crippen LogP contribution in [0.5, 0.6) is 0 Å². The molecule has 0 amide bonds. The highest BCUT2D eigenvalue weighted by Gasteiger charge is 2.50. The Hall–Kier alpha value is -1.56. The van der Waals surface area contributed by atoms with Gasteiger partial charge in [-0.15, -0.1) is 5.06 Å². The zero-order chi connectivity index (χ0) is 17.7. The summed E-state index contributed by atoms with van der Waals surface area (Å²) in [7, 11) is 0. The van der Waals surface area contributed by atoms with Crippen LogP contribution in [-0.2, 0) is 19.1 Å². The molecule has 0 bridgehead atoms. The third-order valence-corrected chi connectivity index (χ3v) is 4.72. The van der Waals surface area contributed by atoms with Gasteiger partial charge in [-0.05, 0) is 25.7 Å². The van der Waals surface area contributed by atoms with Crippen LogP contribution in [0.1, 0.15) is 67.2 Å². The van der Waals surface area contributed by atoms with Crippen LogP contribution in [0, 0.1) is 0 Å². The summed E-state index contributed by atoms with van der Waals surface area (Å²) in [6.07, 6.45) is 5.67. The monoisotopic (exact) mass is 327 g/mol. The minimum Gasteiger partial charge on any atom is -0.426 e. The van der Waals surface area contributed by atoms with Crippen molar-refractivity contribution in [3.63, 3.8) is 0 Å². The van der Waals surface area contributed by atoms with Crippen molar-refractivity contribution in [1.82, 2.24) is 5.06 Å². The Labute approximate surface area is 138 Å². The molecule has 6 nitrogen and oxygen atoms in total. The Morgan fingerprint density at radius 1 is 0.957 bits per heavy atom. The van der Waals surface area contributed by atoms with Crippen molar-refractivity contribution >= 4 is 12.1 Å². The normalized spacial score (nSPS) is 20.1.